The second-order valence-corrected chi connectivity index (χ2v) is 5.51. The van der Waals surface area contributed by atoms with E-state index in [4.69, 9.17) is 11.6 Å². The summed E-state index contributed by atoms with van der Waals surface area (Å²) in [6.45, 7) is 0. The average molecular weight is 292 g/mol. The molecule has 20 heavy (non-hydrogen) atoms. The highest BCUT2D eigenvalue weighted by atomic mass is 35.5. The van der Waals surface area contributed by atoms with Gasteiger partial charge in [-0.3, -0.25) is 0 Å². The second kappa shape index (κ2) is 5.33. The summed E-state index contributed by atoms with van der Waals surface area (Å²) >= 11 is 5.80. The number of nitrogens with one attached hydrogen (secondary N) is 1. The number of phenolic OH excluding ortho intramolecular Hbond substituents is 1. The monoisotopic (exact) mass is 291 g/mol. The fourth-order valence-electron chi connectivity index (χ4n) is 2.74. The lowest BCUT2D eigenvalue weighted by atomic mass is 9.87. The molecule has 1 unspecified atom stereocenters. The molecule has 3 rings (SSSR count). The zero-order valence-electron chi connectivity index (χ0n) is 10.9. The van der Waals surface area contributed by atoms with Crippen LogP contribution < -0.4 is 5.32 Å². The SMILES string of the molecule is Oc1ccc2c(c1)CCCC2Nc1ccc(F)c(Cl)c1. The van der Waals surface area contributed by atoms with Crippen molar-refractivity contribution in [2.45, 2.75) is 25.3 Å². The van der Waals surface area contributed by atoms with Crippen molar-refractivity contribution in [2.75, 3.05) is 5.32 Å². The maximum Gasteiger partial charge on any atom is 0.141 e. The van der Waals surface area contributed by atoms with Gasteiger partial charge in [0.25, 0.3) is 0 Å². The van der Waals surface area contributed by atoms with Gasteiger partial charge in [-0.05, 0) is 60.7 Å². The van der Waals surface area contributed by atoms with Crippen LogP contribution >= 0.6 is 11.6 Å². The maximum absolute atomic E-state index is 13.2. The second-order valence-electron chi connectivity index (χ2n) is 5.10. The summed E-state index contributed by atoms with van der Waals surface area (Å²) in [5, 5.41) is 13.1. The van der Waals surface area contributed by atoms with Gasteiger partial charge in [0.1, 0.15) is 11.6 Å². The predicted molar refractivity (Wildman–Crippen MR) is 78.8 cm³/mol. The Morgan fingerprint density at radius 2 is 2.05 bits per heavy atom. The third kappa shape index (κ3) is 2.59. The van der Waals surface area contributed by atoms with Crippen molar-refractivity contribution in [3.8, 4) is 5.75 Å². The van der Waals surface area contributed by atoms with Crippen molar-refractivity contribution in [1.29, 1.82) is 0 Å². The summed E-state index contributed by atoms with van der Waals surface area (Å²) in [7, 11) is 0. The van der Waals surface area contributed by atoms with E-state index < -0.39 is 5.82 Å². The Kier molecular flexibility index (Phi) is 3.53. The van der Waals surface area contributed by atoms with Gasteiger partial charge in [0.05, 0.1) is 11.1 Å². The zero-order chi connectivity index (χ0) is 14.1. The Hall–Kier alpha value is -1.74. The molecule has 1 atom stereocenters. The van der Waals surface area contributed by atoms with Crippen LogP contribution in [0.2, 0.25) is 5.02 Å². The molecule has 0 radical (unpaired) electrons. The molecule has 104 valence electrons. The molecule has 1 aliphatic rings. The van der Waals surface area contributed by atoms with Gasteiger partial charge in [-0.25, -0.2) is 4.39 Å². The number of hydrogen-bond acceptors (Lipinski definition) is 2. The van der Waals surface area contributed by atoms with Crippen molar-refractivity contribution in [3.63, 3.8) is 0 Å². The van der Waals surface area contributed by atoms with E-state index in [0.29, 0.717) is 5.75 Å². The molecule has 0 aromatic heterocycles. The molecule has 1 aliphatic carbocycles. The number of hydrogen-bond donors (Lipinski definition) is 2. The Labute approximate surface area is 122 Å². The first-order valence-electron chi connectivity index (χ1n) is 6.67. The normalized spacial score (nSPS) is 17.6. The summed E-state index contributed by atoms with van der Waals surface area (Å²) in [5.41, 5.74) is 3.17. The molecule has 2 N–H and O–H groups in total. The molecular formula is C16H15ClFNO. The van der Waals surface area contributed by atoms with Crippen molar-refractivity contribution in [3.05, 3.63) is 58.4 Å². The van der Waals surface area contributed by atoms with Gasteiger partial charge in [-0.15, -0.1) is 0 Å². The molecule has 0 saturated carbocycles. The fraction of sp³-hybridized carbons (Fsp3) is 0.250. The number of benzene rings is 2. The number of aromatic hydroxyl groups is 1. The molecule has 2 aromatic carbocycles. The van der Waals surface area contributed by atoms with Gasteiger partial charge in [0.15, 0.2) is 0 Å². The van der Waals surface area contributed by atoms with E-state index >= 15 is 0 Å². The number of aryl methyl sites for hydroxylation is 1. The molecule has 0 spiro atoms. The highest BCUT2D eigenvalue weighted by Gasteiger charge is 2.20. The van der Waals surface area contributed by atoms with E-state index in [9.17, 15) is 9.50 Å². The van der Waals surface area contributed by atoms with Crippen LogP contribution in [-0.2, 0) is 6.42 Å². The molecule has 0 aliphatic heterocycles. The van der Waals surface area contributed by atoms with Gasteiger partial charge < -0.3 is 10.4 Å². The molecule has 0 heterocycles. The molecule has 2 aromatic rings. The number of anilines is 1. The topological polar surface area (TPSA) is 32.3 Å². The van der Waals surface area contributed by atoms with E-state index in [1.165, 1.54) is 17.2 Å². The lowest BCUT2D eigenvalue weighted by molar-refractivity contribution is 0.472. The minimum atomic E-state index is -0.411. The quantitative estimate of drug-likeness (QED) is 0.842. The third-order valence-electron chi connectivity index (χ3n) is 3.70. The van der Waals surface area contributed by atoms with Crippen molar-refractivity contribution in [1.82, 2.24) is 0 Å². The Bertz CT molecular complexity index is 644. The minimum absolute atomic E-state index is 0.122. The van der Waals surface area contributed by atoms with Gasteiger partial charge in [-0.2, -0.15) is 0 Å². The molecular weight excluding hydrogens is 277 g/mol. The highest BCUT2D eigenvalue weighted by Crippen LogP contribution is 2.34. The third-order valence-corrected chi connectivity index (χ3v) is 3.99. The first kappa shape index (κ1) is 13.3. The van der Waals surface area contributed by atoms with Crippen molar-refractivity contribution >= 4 is 17.3 Å². The molecule has 4 heteroatoms. The number of phenols is 1. The highest BCUT2D eigenvalue weighted by molar-refractivity contribution is 6.31. The average Bonchev–Trinajstić information content (AvgIpc) is 2.43. The molecule has 0 fully saturated rings. The summed E-state index contributed by atoms with van der Waals surface area (Å²) in [4.78, 5) is 0. The predicted octanol–water partition coefficient (Wildman–Crippen LogP) is 4.67. The van der Waals surface area contributed by atoms with Crippen LogP contribution in [0, 0.1) is 5.82 Å². The van der Waals surface area contributed by atoms with Gasteiger partial charge in [0.2, 0.25) is 0 Å². The van der Waals surface area contributed by atoms with E-state index in [-0.39, 0.29) is 11.1 Å². The van der Waals surface area contributed by atoms with Crippen LogP contribution in [0.5, 0.6) is 5.75 Å². The van der Waals surface area contributed by atoms with E-state index in [1.807, 2.05) is 12.1 Å². The smallest absolute Gasteiger partial charge is 0.141 e. The van der Waals surface area contributed by atoms with Crippen LogP contribution in [0.15, 0.2) is 36.4 Å². The summed E-state index contributed by atoms with van der Waals surface area (Å²) in [6.07, 6.45) is 3.04. The summed E-state index contributed by atoms with van der Waals surface area (Å²) in [6, 6.07) is 10.3. The summed E-state index contributed by atoms with van der Waals surface area (Å²) < 4.78 is 13.2. The molecule has 0 saturated heterocycles. The first-order valence-corrected chi connectivity index (χ1v) is 7.04. The molecule has 0 amide bonds. The largest absolute Gasteiger partial charge is 0.508 e. The molecule has 0 bridgehead atoms. The van der Waals surface area contributed by atoms with E-state index in [1.54, 1.807) is 18.2 Å². The van der Waals surface area contributed by atoms with Gasteiger partial charge >= 0.3 is 0 Å². The fourth-order valence-corrected chi connectivity index (χ4v) is 2.92. The number of rotatable bonds is 2. The minimum Gasteiger partial charge on any atom is -0.508 e. The lowest BCUT2D eigenvalue weighted by Crippen LogP contribution is -2.17. The van der Waals surface area contributed by atoms with Crippen LogP contribution in [-0.4, -0.2) is 5.11 Å². The first-order chi connectivity index (χ1) is 9.63. The zero-order valence-corrected chi connectivity index (χ0v) is 11.6. The van der Waals surface area contributed by atoms with Crippen LogP contribution in [0.4, 0.5) is 10.1 Å². The van der Waals surface area contributed by atoms with Crippen molar-refractivity contribution in [2.24, 2.45) is 0 Å². The van der Waals surface area contributed by atoms with Gasteiger partial charge in [0, 0.05) is 5.69 Å². The van der Waals surface area contributed by atoms with E-state index in [0.717, 1.165) is 24.9 Å². The maximum atomic E-state index is 13.2. The van der Waals surface area contributed by atoms with Crippen molar-refractivity contribution < 1.29 is 9.50 Å². The Morgan fingerprint density at radius 3 is 2.85 bits per heavy atom. The van der Waals surface area contributed by atoms with Gasteiger partial charge in [-0.1, -0.05) is 17.7 Å². The standard InChI is InChI=1S/C16H15ClFNO/c17-14-9-11(4-7-15(14)18)19-16-3-1-2-10-8-12(20)5-6-13(10)16/h4-9,16,19-20H,1-3H2. The summed E-state index contributed by atoms with van der Waals surface area (Å²) in [5.74, 6) is -0.111. The number of halogens is 2. The Morgan fingerprint density at radius 1 is 1.20 bits per heavy atom. The van der Waals surface area contributed by atoms with Crippen LogP contribution in [0.3, 0.4) is 0 Å². The van der Waals surface area contributed by atoms with E-state index in [2.05, 4.69) is 5.32 Å². The Balaban J connectivity index is 1.87. The van der Waals surface area contributed by atoms with Crippen LogP contribution in [0.25, 0.3) is 0 Å². The lowest BCUT2D eigenvalue weighted by Gasteiger charge is -2.27. The number of fused-ring (bicyclic) bond motifs is 1. The van der Waals surface area contributed by atoms with Crippen LogP contribution in [0.1, 0.15) is 30.0 Å². The molecule has 2 nitrogen and oxygen atoms in total.